The molecule has 4 aromatic rings. The zero-order valence-electron chi connectivity index (χ0n) is 15.4. The lowest BCUT2D eigenvalue weighted by Gasteiger charge is -2.11. The van der Waals surface area contributed by atoms with Crippen LogP contribution >= 0.6 is 0 Å². The fourth-order valence-electron chi connectivity index (χ4n) is 3.30. The van der Waals surface area contributed by atoms with Crippen LogP contribution in [0.3, 0.4) is 0 Å². The molecular weight excluding hydrogens is 322 g/mol. The summed E-state index contributed by atoms with van der Waals surface area (Å²) in [6, 6.07) is 19.0. The first-order valence-corrected chi connectivity index (χ1v) is 9.07. The van der Waals surface area contributed by atoms with E-state index in [1.165, 1.54) is 22.0 Å². The van der Waals surface area contributed by atoms with E-state index in [1.807, 2.05) is 0 Å². The molecule has 2 heterocycles. The van der Waals surface area contributed by atoms with Crippen LogP contribution in [0.2, 0.25) is 0 Å². The first-order chi connectivity index (χ1) is 12.6. The van der Waals surface area contributed by atoms with Crippen LogP contribution in [0.1, 0.15) is 30.9 Å². The van der Waals surface area contributed by atoms with E-state index in [2.05, 4.69) is 90.1 Å². The van der Waals surface area contributed by atoms with Crippen molar-refractivity contribution >= 4 is 10.9 Å². The van der Waals surface area contributed by atoms with Crippen molar-refractivity contribution in [1.82, 2.24) is 14.8 Å². The van der Waals surface area contributed by atoms with Gasteiger partial charge in [0.15, 0.2) is 0 Å². The minimum absolute atomic E-state index is 0.487. The second-order valence-corrected chi connectivity index (χ2v) is 7.20. The van der Waals surface area contributed by atoms with Crippen LogP contribution in [0.4, 0.5) is 0 Å². The summed E-state index contributed by atoms with van der Waals surface area (Å²) in [5.74, 6) is 1.77. The first kappa shape index (κ1) is 16.6. The van der Waals surface area contributed by atoms with Gasteiger partial charge in [0.05, 0.1) is 0 Å². The fourth-order valence-corrected chi connectivity index (χ4v) is 3.30. The lowest BCUT2D eigenvalue weighted by molar-refractivity contribution is 0.464. The van der Waals surface area contributed by atoms with Gasteiger partial charge >= 0.3 is 0 Å². The standard InChI is InChI=1S/C22H23N3O/c1-15(2)12-21-23-24-22(26-21)20-13-17-9-6-7-11-19(17)25(20)14-18-10-5-4-8-16(18)3/h4-11,13,15H,12,14H2,1-3H3. The van der Waals surface area contributed by atoms with Crippen LogP contribution < -0.4 is 0 Å². The van der Waals surface area contributed by atoms with Gasteiger partial charge in [-0.25, -0.2) is 0 Å². The molecule has 0 unspecified atom stereocenters. The van der Waals surface area contributed by atoms with E-state index in [0.29, 0.717) is 17.7 Å². The quantitative estimate of drug-likeness (QED) is 0.496. The molecule has 0 aliphatic carbocycles. The summed E-state index contributed by atoms with van der Waals surface area (Å²) in [5.41, 5.74) is 4.71. The van der Waals surface area contributed by atoms with Crippen molar-refractivity contribution in [3.05, 3.63) is 71.6 Å². The zero-order chi connectivity index (χ0) is 18.1. The highest BCUT2D eigenvalue weighted by Crippen LogP contribution is 2.29. The molecule has 0 saturated carbocycles. The highest BCUT2D eigenvalue weighted by atomic mass is 16.4. The molecule has 0 amide bonds. The molecule has 132 valence electrons. The molecule has 4 heteroatoms. The minimum Gasteiger partial charge on any atom is -0.419 e. The molecule has 26 heavy (non-hydrogen) atoms. The maximum atomic E-state index is 5.98. The van der Waals surface area contributed by atoms with Gasteiger partial charge in [-0.05, 0) is 36.1 Å². The molecule has 4 nitrogen and oxygen atoms in total. The highest BCUT2D eigenvalue weighted by Gasteiger charge is 2.17. The van der Waals surface area contributed by atoms with E-state index in [9.17, 15) is 0 Å². The predicted molar refractivity (Wildman–Crippen MR) is 104 cm³/mol. The van der Waals surface area contributed by atoms with Crippen LogP contribution in [0, 0.1) is 12.8 Å². The average molecular weight is 345 g/mol. The number of hydrogen-bond donors (Lipinski definition) is 0. The zero-order valence-corrected chi connectivity index (χ0v) is 15.4. The van der Waals surface area contributed by atoms with Crippen molar-refractivity contribution in [2.75, 3.05) is 0 Å². The average Bonchev–Trinajstić information content (AvgIpc) is 3.21. The molecule has 0 bridgehead atoms. The molecule has 2 aromatic carbocycles. The Hall–Kier alpha value is -2.88. The van der Waals surface area contributed by atoms with Crippen LogP contribution in [-0.2, 0) is 13.0 Å². The van der Waals surface area contributed by atoms with Gasteiger partial charge in [-0.1, -0.05) is 56.3 Å². The summed E-state index contributed by atoms with van der Waals surface area (Å²) >= 11 is 0. The lowest BCUT2D eigenvalue weighted by Crippen LogP contribution is -2.03. The van der Waals surface area contributed by atoms with E-state index in [4.69, 9.17) is 4.42 Å². The van der Waals surface area contributed by atoms with E-state index in [1.54, 1.807) is 0 Å². The minimum atomic E-state index is 0.487. The molecule has 2 aromatic heterocycles. The number of hydrogen-bond acceptors (Lipinski definition) is 3. The van der Waals surface area contributed by atoms with Gasteiger partial charge in [-0.15, -0.1) is 10.2 Å². The Balaban J connectivity index is 1.81. The molecular formula is C22H23N3O. The number of benzene rings is 2. The third-order valence-corrected chi connectivity index (χ3v) is 4.67. The molecule has 0 radical (unpaired) electrons. The van der Waals surface area contributed by atoms with Crippen LogP contribution in [0.15, 0.2) is 59.0 Å². The summed E-state index contributed by atoms with van der Waals surface area (Å²) in [4.78, 5) is 0. The number of aryl methyl sites for hydroxylation is 1. The second-order valence-electron chi connectivity index (χ2n) is 7.20. The molecule has 0 spiro atoms. The molecule has 0 aliphatic heterocycles. The Morgan fingerprint density at radius 3 is 2.58 bits per heavy atom. The van der Waals surface area contributed by atoms with Crippen LogP contribution in [0.25, 0.3) is 22.5 Å². The molecule has 0 saturated heterocycles. The second kappa shape index (κ2) is 6.79. The lowest BCUT2D eigenvalue weighted by atomic mass is 10.1. The Morgan fingerprint density at radius 1 is 1.00 bits per heavy atom. The number of nitrogens with zero attached hydrogens (tertiary/aromatic N) is 3. The summed E-state index contributed by atoms with van der Waals surface area (Å²) in [7, 11) is 0. The highest BCUT2D eigenvalue weighted by molar-refractivity contribution is 5.85. The van der Waals surface area contributed by atoms with Gasteiger partial charge < -0.3 is 8.98 Å². The number of aromatic nitrogens is 3. The van der Waals surface area contributed by atoms with Gasteiger partial charge in [0, 0.05) is 23.9 Å². The normalized spacial score (nSPS) is 11.5. The number of rotatable bonds is 5. The van der Waals surface area contributed by atoms with Crippen molar-refractivity contribution < 1.29 is 4.42 Å². The van der Waals surface area contributed by atoms with E-state index in [-0.39, 0.29) is 0 Å². The SMILES string of the molecule is Cc1ccccc1Cn1c(-c2nnc(CC(C)C)o2)cc2ccccc21. The fraction of sp³-hybridized carbons (Fsp3) is 0.273. The predicted octanol–water partition coefficient (Wildman–Crippen LogP) is 5.25. The largest absolute Gasteiger partial charge is 0.419 e. The van der Waals surface area contributed by atoms with Gasteiger partial charge in [-0.3, -0.25) is 0 Å². The summed E-state index contributed by atoms with van der Waals surface area (Å²) in [6.45, 7) is 7.23. The maximum absolute atomic E-state index is 5.98. The molecule has 4 rings (SSSR count). The Labute approximate surface area is 153 Å². The van der Waals surface area contributed by atoms with Crippen molar-refractivity contribution in [3.8, 4) is 11.6 Å². The monoisotopic (exact) mass is 345 g/mol. The van der Waals surface area contributed by atoms with Crippen molar-refractivity contribution in [1.29, 1.82) is 0 Å². The molecule has 0 atom stereocenters. The smallest absolute Gasteiger partial charge is 0.264 e. The third kappa shape index (κ3) is 3.15. The van der Waals surface area contributed by atoms with Gasteiger partial charge in [0.1, 0.15) is 5.69 Å². The molecule has 0 aliphatic rings. The van der Waals surface area contributed by atoms with Crippen molar-refractivity contribution in [2.24, 2.45) is 5.92 Å². The molecule has 0 fully saturated rings. The van der Waals surface area contributed by atoms with Crippen LogP contribution in [-0.4, -0.2) is 14.8 Å². The van der Waals surface area contributed by atoms with Gasteiger partial charge in [-0.2, -0.15) is 0 Å². The van der Waals surface area contributed by atoms with Crippen LogP contribution in [0.5, 0.6) is 0 Å². The topological polar surface area (TPSA) is 43.9 Å². The first-order valence-electron chi connectivity index (χ1n) is 9.07. The number of para-hydroxylation sites is 1. The summed E-state index contributed by atoms with van der Waals surface area (Å²) in [5, 5.41) is 9.74. The van der Waals surface area contributed by atoms with E-state index >= 15 is 0 Å². The Morgan fingerprint density at radius 2 is 1.77 bits per heavy atom. The Bertz CT molecular complexity index is 1040. The maximum Gasteiger partial charge on any atom is 0.264 e. The van der Waals surface area contributed by atoms with Gasteiger partial charge in [0.2, 0.25) is 5.89 Å². The Kier molecular flexibility index (Phi) is 4.33. The van der Waals surface area contributed by atoms with E-state index in [0.717, 1.165) is 18.7 Å². The summed E-state index contributed by atoms with van der Waals surface area (Å²) in [6.07, 6.45) is 0.797. The summed E-state index contributed by atoms with van der Waals surface area (Å²) < 4.78 is 8.24. The van der Waals surface area contributed by atoms with Crippen molar-refractivity contribution in [2.45, 2.75) is 33.7 Å². The van der Waals surface area contributed by atoms with E-state index < -0.39 is 0 Å². The number of fused-ring (bicyclic) bond motifs is 1. The van der Waals surface area contributed by atoms with Crippen molar-refractivity contribution in [3.63, 3.8) is 0 Å². The molecule has 0 N–H and O–H groups in total. The van der Waals surface area contributed by atoms with Gasteiger partial charge in [0.25, 0.3) is 5.89 Å². The third-order valence-electron chi connectivity index (χ3n) is 4.67.